The van der Waals surface area contributed by atoms with Crippen LogP contribution in [0, 0.1) is 0 Å². The predicted molar refractivity (Wildman–Crippen MR) is 112 cm³/mol. The number of para-hydroxylation sites is 1. The molecule has 8 heteroatoms. The van der Waals surface area contributed by atoms with E-state index in [0.717, 1.165) is 46.6 Å². The first-order valence-electron chi connectivity index (χ1n) is 9.62. The van der Waals surface area contributed by atoms with Crippen molar-refractivity contribution in [1.82, 2.24) is 19.7 Å². The van der Waals surface area contributed by atoms with E-state index in [1.165, 1.54) is 5.56 Å². The summed E-state index contributed by atoms with van der Waals surface area (Å²) in [4.78, 5) is 6.79. The number of nitrogens with zero attached hydrogens (tertiary/aromatic N) is 5. The summed E-state index contributed by atoms with van der Waals surface area (Å²) in [6, 6.07) is 14.2. The second-order valence-corrected chi connectivity index (χ2v) is 7.77. The van der Waals surface area contributed by atoms with Crippen LogP contribution in [-0.2, 0) is 17.0 Å². The zero-order chi connectivity index (χ0) is 19.5. The average molecular weight is 407 g/mol. The lowest BCUT2D eigenvalue weighted by molar-refractivity contribution is 0.121. The lowest BCUT2D eigenvalue weighted by atomic mass is 10.1. The number of hydrogen-bond donors (Lipinski definition) is 0. The quantitative estimate of drug-likeness (QED) is 0.452. The van der Waals surface area contributed by atoms with Crippen molar-refractivity contribution in [1.29, 1.82) is 0 Å². The van der Waals surface area contributed by atoms with Gasteiger partial charge in [0.05, 0.1) is 31.5 Å². The number of pyridine rings is 1. The smallest absolute Gasteiger partial charge is 0.228 e. The first-order valence-corrected chi connectivity index (χ1v) is 10.6. The van der Waals surface area contributed by atoms with Crippen LogP contribution >= 0.6 is 11.8 Å². The lowest BCUT2D eigenvalue weighted by Gasteiger charge is -2.27. The van der Waals surface area contributed by atoms with Crippen LogP contribution < -0.4 is 4.90 Å². The van der Waals surface area contributed by atoms with E-state index >= 15 is 0 Å². The molecule has 0 aliphatic carbocycles. The Bertz CT molecular complexity index is 1080. The zero-order valence-electron chi connectivity index (χ0n) is 15.9. The van der Waals surface area contributed by atoms with Crippen molar-refractivity contribution >= 4 is 28.6 Å². The highest BCUT2D eigenvalue weighted by Gasteiger charge is 2.21. The molecular weight excluding hydrogens is 386 g/mol. The van der Waals surface area contributed by atoms with E-state index in [1.54, 1.807) is 18.0 Å². The Morgan fingerprint density at radius 3 is 2.76 bits per heavy atom. The number of ether oxygens (including phenoxy) is 1. The van der Waals surface area contributed by atoms with Gasteiger partial charge in [0.1, 0.15) is 5.76 Å². The van der Waals surface area contributed by atoms with E-state index in [4.69, 9.17) is 9.15 Å². The number of fused-ring (bicyclic) bond motifs is 1. The SMILES string of the molecule is c1coc(Cn2c(SCc3cccc4cccnc34)nnc2N2CCOCC2)c1. The first-order chi connectivity index (χ1) is 14.4. The molecule has 1 saturated heterocycles. The van der Waals surface area contributed by atoms with E-state index in [9.17, 15) is 0 Å². The van der Waals surface area contributed by atoms with Crippen molar-refractivity contribution in [2.75, 3.05) is 31.2 Å². The molecule has 7 nitrogen and oxygen atoms in total. The monoisotopic (exact) mass is 407 g/mol. The van der Waals surface area contributed by atoms with Crippen LogP contribution in [-0.4, -0.2) is 46.1 Å². The molecule has 1 aliphatic heterocycles. The Hall–Kier alpha value is -2.84. The molecule has 0 amide bonds. The van der Waals surface area contributed by atoms with Gasteiger partial charge in [-0.25, -0.2) is 0 Å². The number of rotatable bonds is 6. The Morgan fingerprint density at radius 1 is 1.00 bits per heavy atom. The van der Waals surface area contributed by atoms with Crippen LogP contribution in [0.15, 0.2) is 64.5 Å². The molecule has 1 aromatic carbocycles. The minimum Gasteiger partial charge on any atom is -0.467 e. The Balaban J connectivity index is 1.43. The van der Waals surface area contributed by atoms with Crippen LogP contribution in [0.3, 0.4) is 0 Å². The fourth-order valence-electron chi connectivity index (χ4n) is 3.51. The number of aromatic nitrogens is 4. The lowest BCUT2D eigenvalue weighted by Crippen LogP contribution is -2.38. The minimum atomic E-state index is 0.600. The predicted octanol–water partition coefficient (Wildman–Crippen LogP) is 3.60. The molecule has 3 aromatic heterocycles. The number of thioether (sulfide) groups is 1. The summed E-state index contributed by atoms with van der Waals surface area (Å²) in [5.41, 5.74) is 2.22. The fraction of sp³-hybridized carbons (Fsp3) is 0.286. The topological polar surface area (TPSA) is 69.2 Å². The summed E-state index contributed by atoms with van der Waals surface area (Å²) in [6.07, 6.45) is 3.54. The third kappa shape index (κ3) is 3.86. The van der Waals surface area contributed by atoms with E-state index in [2.05, 4.69) is 48.9 Å². The van der Waals surface area contributed by atoms with Gasteiger partial charge in [-0.3, -0.25) is 9.55 Å². The first kappa shape index (κ1) is 18.2. The number of anilines is 1. The van der Waals surface area contributed by atoms with Crippen molar-refractivity contribution in [2.24, 2.45) is 0 Å². The molecule has 1 aliphatic rings. The second-order valence-electron chi connectivity index (χ2n) is 6.83. The van der Waals surface area contributed by atoms with Crippen LogP contribution in [0.25, 0.3) is 10.9 Å². The van der Waals surface area contributed by atoms with E-state index in [1.807, 2.05) is 24.4 Å². The number of hydrogen-bond acceptors (Lipinski definition) is 7. The van der Waals surface area contributed by atoms with Crippen molar-refractivity contribution in [2.45, 2.75) is 17.5 Å². The molecule has 0 spiro atoms. The standard InChI is InChI=1S/C21H21N5O2S/c1-4-16-6-2-8-22-19(16)17(5-1)15-29-21-24-23-20(25-9-12-27-13-10-25)26(21)14-18-7-3-11-28-18/h1-8,11H,9-10,12-15H2. The summed E-state index contributed by atoms with van der Waals surface area (Å²) in [5.74, 6) is 2.52. The van der Waals surface area contributed by atoms with Gasteiger partial charge >= 0.3 is 0 Å². The van der Waals surface area contributed by atoms with Crippen molar-refractivity contribution in [3.63, 3.8) is 0 Å². The van der Waals surface area contributed by atoms with Gasteiger partial charge in [-0.15, -0.1) is 10.2 Å². The molecule has 0 N–H and O–H groups in total. The molecule has 0 saturated carbocycles. The molecule has 4 heterocycles. The highest BCUT2D eigenvalue weighted by molar-refractivity contribution is 7.98. The van der Waals surface area contributed by atoms with Crippen LogP contribution in [0.2, 0.25) is 0 Å². The highest BCUT2D eigenvalue weighted by atomic mass is 32.2. The largest absolute Gasteiger partial charge is 0.467 e. The third-order valence-electron chi connectivity index (χ3n) is 4.96. The van der Waals surface area contributed by atoms with Crippen molar-refractivity contribution in [3.8, 4) is 0 Å². The molecule has 0 unspecified atom stereocenters. The molecule has 1 fully saturated rings. The van der Waals surface area contributed by atoms with Gasteiger partial charge in [0.15, 0.2) is 5.16 Å². The molecule has 148 valence electrons. The van der Waals surface area contributed by atoms with Gasteiger partial charge in [0.25, 0.3) is 0 Å². The maximum atomic E-state index is 5.59. The number of morpholine rings is 1. The van der Waals surface area contributed by atoms with Gasteiger partial charge in [-0.2, -0.15) is 0 Å². The minimum absolute atomic E-state index is 0.600. The number of furan rings is 1. The molecular formula is C21H21N5O2S. The summed E-state index contributed by atoms with van der Waals surface area (Å²) in [7, 11) is 0. The zero-order valence-corrected chi connectivity index (χ0v) is 16.7. The fourth-order valence-corrected chi connectivity index (χ4v) is 4.43. The maximum absolute atomic E-state index is 5.59. The Kier molecular flexibility index (Phi) is 5.19. The Labute approximate surface area is 172 Å². The number of benzene rings is 1. The molecule has 29 heavy (non-hydrogen) atoms. The van der Waals surface area contributed by atoms with Gasteiger partial charge < -0.3 is 14.1 Å². The average Bonchev–Trinajstić information content (AvgIpc) is 3.43. The molecule has 0 atom stereocenters. The van der Waals surface area contributed by atoms with Crippen LogP contribution in [0.1, 0.15) is 11.3 Å². The second kappa shape index (κ2) is 8.26. The molecule has 0 radical (unpaired) electrons. The molecule has 4 aromatic rings. The van der Waals surface area contributed by atoms with Crippen molar-refractivity contribution < 1.29 is 9.15 Å². The summed E-state index contributed by atoms with van der Waals surface area (Å²) < 4.78 is 13.2. The van der Waals surface area contributed by atoms with Gasteiger partial charge in [0.2, 0.25) is 5.95 Å². The van der Waals surface area contributed by atoms with E-state index in [-0.39, 0.29) is 0 Å². The van der Waals surface area contributed by atoms with Crippen LogP contribution in [0.5, 0.6) is 0 Å². The van der Waals surface area contributed by atoms with Gasteiger partial charge in [-0.1, -0.05) is 36.0 Å². The van der Waals surface area contributed by atoms with E-state index in [0.29, 0.717) is 19.8 Å². The highest BCUT2D eigenvalue weighted by Crippen LogP contribution is 2.29. The normalized spacial score (nSPS) is 14.6. The van der Waals surface area contributed by atoms with Crippen molar-refractivity contribution in [3.05, 3.63) is 66.2 Å². The molecule has 0 bridgehead atoms. The summed E-state index contributed by atoms with van der Waals surface area (Å²) in [6.45, 7) is 3.64. The maximum Gasteiger partial charge on any atom is 0.228 e. The van der Waals surface area contributed by atoms with Gasteiger partial charge in [-0.05, 0) is 23.8 Å². The Morgan fingerprint density at radius 2 is 1.90 bits per heavy atom. The molecule has 5 rings (SSSR count). The summed E-state index contributed by atoms with van der Waals surface area (Å²) >= 11 is 1.67. The third-order valence-corrected chi connectivity index (χ3v) is 5.97. The van der Waals surface area contributed by atoms with Gasteiger partial charge in [0, 0.05) is 30.4 Å². The van der Waals surface area contributed by atoms with E-state index < -0.39 is 0 Å². The van der Waals surface area contributed by atoms with Crippen LogP contribution in [0.4, 0.5) is 5.95 Å². The summed E-state index contributed by atoms with van der Waals surface area (Å²) in [5, 5.41) is 11.0.